The van der Waals surface area contributed by atoms with E-state index in [0.29, 0.717) is 25.0 Å². The number of rotatable bonds is 17. The van der Waals surface area contributed by atoms with E-state index in [1.165, 1.54) is 64.2 Å². The van der Waals surface area contributed by atoms with Crippen molar-refractivity contribution >= 4 is 11.7 Å². The number of unbranched alkanes of at least 4 members (excludes halogenated alkanes) is 10. The second kappa shape index (κ2) is 16.5. The maximum Gasteiger partial charge on any atom is 0.311 e. The lowest BCUT2D eigenvalue weighted by atomic mass is 10.0. The molecule has 0 radical (unpaired) electrons. The highest BCUT2D eigenvalue weighted by molar-refractivity contribution is 5.82. The van der Waals surface area contributed by atoms with Gasteiger partial charge < -0.3 is 10.1 Å². The summed E-state index contributed by atoms with van der Waals surface area (Å²) in [7, 11) is 0. The van der Waals surface area contributed by atoms with Crippen molar-refractivity contribution in [2.45, 2.75) is 103 Å². The van der Waals surface area contributed by atoms with E-state index in [2.05, 4.69) is 6.92 Å². The Morgan fingerprint density at radius 3 is 1.85 bits per heavy atom. The lowest BCUT2D eigenvalue weighted by Gasteiger charge is -2.06. The summed E-state index contributed by atoms with van der Waals surface area (Å²) in [5.41, 5.74) is 0.776. The summed E-state index contributed by atoms with van der Waals surface area (Å²) in [6.07, 6.45) is 17.4. The average Bonchev–Trinajstić information content (AvgIpc) is 2.67. The van der Waals surface area contributed by atoms with Gasteiger partial charge in [-0.15, -0.1) is 0 Å². The summed E-state index contributed by atoms with van der Waals surface area (Å²) in [6.45, 7) is 2.26. The van der Waals surface area contributed by atoms with Crippen LogP contribution in [0.5, 0.6) is 5.75 Å². The Balaban J connectivity index is 1.88. The molecule has 1 aromatic carbocycles. The van der Waals surface area contributed by atoms with Crippen molar-refractivity contribution in [3.8, 4) is 5.75 Å². The van der Waals surface area contributed by atoms with E-state index in [4.69, 9.17) is 10.1 Å². The molecule has 0 aliphatic rings. The smallest absolute Gasteiger partial charge is 0.311 e. The molecule has 3 nitrogen and oxygen atoms in total. The molecular weight excluding hydrogens is 334 g/mol. The summed E-state index contributed by atoms with van der Waals surface area (Å²) in [4.78, 5) is 11.8. The lowest BCUT2D eigenvalue weighted by molar-refractivity contribution is -0.134. The van der Waals surface area contributed by atoms with E-state index >= 15 is 0 Å². The number of carbonyl (C=O) groups excluding carboxylic acids is 1. The molecule has 1 rings (SSSR count). The predicted molar refractivity (Wildman–Crippen MR) is 115 cm³/mol. The first-order valence-electron chi connectivity index (χ1n) is 11.0. The van der Waals surface area contributed by atoms with Gasteiger partial charge in [0, 0.05) is 12.1 Å². The van der Waals surface area contributed by atoms with Crippen LogP contribution in [-0.4, -0.2) is 11.7 Å². The number of ether oxygens (including phenoxy) is 1. The van der Waals surface area contributed by atoms with Crippen LogP contribution >= 0.6 is 0 Å². The number of carbonyl (C=O) groups is 1. The number of nitrogens with one attached hydrogen (secondary N) is 1. The van der Waals surface area contributed by atoms with Gasteiger partial charge in [0.1, 0.15) is 5.75 Å². The van der Waals surface area contributed by atoms with Gasteiger partial charge in [0.15, 0.2) is 0 Å². The van der Waals surface area contributed by atoms with Crippen LogP contribution in [-0.2, 0) is 4.79 Å². The Kier molecular flexibility index (Phi) is 14.3. The van der Waals surface area contributed by atoms with Crippen LogP contribution in [0.4, 0.5) is 0 Å². The summed E-state index contributed by atoms with van der Waals surface area (Å²) >= 11 is 0. The molecule has 0 amide bonds. The van der Waals surface area contributed by atoms with Crippen LogP contribution in [0, 0.1) is 5.41 Å². The Labute approximate surface area is 166 Å². The Hall–Kier alpha value is -1.64. The van der Waals surface area contributed by atoms with Crippen LogP contribution in [0.1, 0.15) is 103 Å². The van der Waals surface area contributed by atoms with E-state index < -0.39 is 0 Å². The third kappa shape index (κ3) is 14.1. The SMILES string of the molecule is CCCCCCCCCCCCCC(=N)CCCC(=O)Oc1ccccc1. The van der Waals surface area contributed by atoms with Crippen LogP contribution in [0.25, 0.3) is 0 Å². The molecule has 1 N–H and O–H groups in total. The first-order chi connectivity index (χ1) is 13.2. The van der Waals surface area contributed by atoms with E-state index in [1.54, 1.807) is 12.1 Å². The highest BCUT2D eigenvalue weighted by Crippen LogP contribution is 2.13. The molecule has 0 aromatic heterocycles. The first-order valence-corrected chi connectivity index (χ1v) is 11.0. The molecular formula is C24H39NO2. The van der Waals surface area contributed by atoms with Crippen LogP contribution < -0.4 is 4.74 Å². The molecule has 0 aliphatic heterocycles. The molecule has 0 aliphatic carbocycles. The molecule has 0 heterocycles. The second-order valence-corrected chi connectivity index (χ2v) is 7.53. The van der Waals surface area contributed by atoms with Gasteiger partial charge in [-0.2, -0.15) is 0 Å². The average molecular weight is 374 g/mol. The summed E-state index contributed by atoms with van der Waals surface area (Å²) in [5, 5.41) is 8.03. The zero-order chi connectivity index (χ0) is 19.6. The van der Waals surface area contributed by atoms with Crippen molar-refractivity contribution in [2.75, 3.05) is 0 Å². The molecule has 0 atom stereocenters. The van der Waals surface area contributed by atoms with Gasteiger partial charge in [0.2, 0.25) is 0 Å². The topological polar surface area (TPSA) is 50.2 Å². The van der Waals surface area contributed by atoms with Gasteiger partial charge in [-0.05, 0) is 37.8 Å². The molecule has 3 heteroatoms. The third-order valence-corrected chi connectivity index (χ3v) is 4.92. The van der Waals surface area contributed by atoms with Crippen LogP contribution in [0.3, 0.4) is 0 Å². The quantitative estimate of drug-likeness (QED) is 0.133. The fraction of sp³-hybridized carbons (Fsp3) is 0.667. The van der Waals surface area contributed by atoms with Crippen LogP contribution in [0.15, 0.2) is 30.3 Å². The fourth-order valence-electron chi connectivity index (χ4n) is 3.24. The summed E-state index contributed by atoms with van der Waals surface area (Å²) < 4.78 is 5.26. The number of benzene rings is 1. The fourth-order valence-corrected chi connectivity index (χ4v) is 3.24. The van der Waals surface area contributed by atoms with E-state index in [1.807, 2.05) is 18.2 Å². The lowest BCUT2D eigenvalue weighted by Crippen LogP contribution is -2.08. The molecule has 152 valence electrons. The number of para-hydroxylation sites is 1. The van der Waals surface area contributed by atoms with Gasteiger partial charge in [0.25, 0.3) is 0 Å². The van der Waals surface area contributed by atoms with Gasteiger partial charge in [0.05, 0.1) is 0 Å². The van der Waals surface area contributed by atoms with Crippen molar-refractivity contribution in [3.05, 3.63) is 30.3 Å². The molecule has 0 bridgehead atoms. The highest BCUT2D eigenvalue weighted by Gasteiger charge is 2.06. The Morgan fingerprint density at radius 2 is 1.26 bits per heavy atom. The molecule has 27 heavy (non-hydrogen) atoms. The summed E-state index contributed by atoms with van der Waals surface area (Å²) in [6, 6.07) is 9.17. The van der Waals surface area contributed by atoms with Gasteiger partial charge in [-0.25, -0.2) is 0 Å². The number of esters is 1. The third-order valence-electron chi connectivity index (χ3n) is 4.92. The van der Waals surface area contributed by atoms with Crippen molar-refractivity contribution in [1.82, 2.24) is 0 Å². The van der Waals surface area contributed by atoms with E-state index in [-0.39, 0.29) is 5.97 Å². The highest BCUT2D eigenvalue weighted by atomic mass is 16.5. The molecule has 0 spiro atoms. The Bertz CT molecular complexity index is 498. The van der Waals surface area contributed by atoms with Gasteiger partial charge >= 0.3 is 5.97 Å². The zero-order valence-corrected chi connectivity index (χ0v) is 17.3. The number of hydrogen-bond donors (Lipinski definition) is 1. The molecule has 0 unspecified atom stereocenters. The van der Waals surface area contributed by atoms with Crippen molar-refractivity contribution < 1.29 is 9.53 Å². The zero-order valence-electron chi connectivity index (χ0n) is 17.3. The predicted octanol–water partition coefficient (Wildman–Crippen LogP) is 7.48. The second-order valence-electron chi connectivity index (χ2n) is 7.53. The normalized spacial score (nSPS) is 10.7. The van der Waals surface area contributed by atoms with Crippen molar-refractivity contribution in [3.63, 3.8) is 0 Å². The molecule has 0 saturated carbocycles. The largest absolute Gasteiger partial charge is 0.427 e. The van der Waals surface area contributed by atoms with Gasteiger partial charge in [-0.1, -0.05) is 89.3 Å². The Morgan fingerprint density at radius 1 is 0.741 bits per heavy atom. The molecule has 0 fully saturated rings. The molecule has 1 aromatic rings. The monoisotopic (exact) mass is 373 g/mol. The maximum absolute atomic E-state index is 11.8. The minimum atomic E-state index is -0.205. The van der Waals surface area contributed by atoms with Crippen molar-refractivity contribution in [1.29, 1.82) is 5.41 Å². The minimum Gasteiger partial charge on any atom is -0.427 e. The minimum absolute atomic E-state index is 0.205. The standard InChI is InChI=1S/C24H39NO2/c1-2-3-4-5-6-7-8-9-10-11-13-17-22(25)18-16-21-24(26)27-23-19-14-12-15-20-23/h12,14-15,19-20,25H,2-11,13,16-18,21H2,1H3. The molecule has 0 saturated heterocycles. The summed E-state index contributed by atoms with van der Waals surface area (Å²) in [5.74, 6) is 0.391. The number of hydrogen-bond acceptors (Lipinski definition) is 3. The van der Waals surface area contributed by atoms with Gasteiger partial charge in [-0.3, -0.25) is 4.79 Å². The van der Waals surface area contributed by atoms with E-state index in [0.717, 1.165) is 18.6 Å². The maximum atomic E-state index is 11.8. The first kappa shape index (κ1) is 23.4. The van der Waals surface area contributed by atoms with Crippen LogP contribution in [0.2, 0.25) is 0 Å². The van der Waals surface area contributed by atoms with E-state index in [9.17, 15) is 4.79 Å². The van der Waals surface area contributed by atoms with Crippen molar-refractivity contribution in [2.24, 2.45) is 0 Å².